The number of nitrogens with zero attached hydrogens (tertiary/aromatic N) is 1. The van der Waals surface area contributed by atoms with E-state index in [9.17, 15) is 13.2 Å². The molecular weight excluding hydrogens is 290 g/mol. The number of ether oxygens (including phenoxy) is 1. The molecule has 1 heterocycles. The molecule has 0 aliphatic heterocycles. The number of sulfonamides is 1. The van der Waals surface area contributed by atoms with Crippen LogP contribution in [0, 0.1) is 5.92 Å². The van der Waals surface area contributed by atoms with Crippen LogP contribution in [0.5, 0.6) is 0 Å². The van der Waals surface area contributed by atoms with Crippen molar-refractivity contribution >= 4 is 32.3 Å². The summed E-state index contributed by atoms with van der Waals surface area (Å²) in [6.07, 6.45) is 0.862. The van der Waals surface area contributed by atoms with Crippen LogP contribution in [0.25, 0.3) is 0 Å². The summed E-state index contributed by atoms with van der Waals surface area (Å²) in [6.45, 7) is 3.75. The van der Waals surface area contributed by atoms with Crippen LogP contribution in [-0.2, 0) is 14.8 Å². The van der Waals surface area contributed by atoms with Crippen molar-refractivity contribution in [2.45, 2.75) is 20.0 Å². The van der Waals surface area contributed by atoms with Crippen LogP contribution >= 0.6 is 11.3 Å². The average molecular weight is 307 g/mol. The van der Waals surface area contributed by atoms with Gasteiger partial charge in [0.1, 0.15) is 5.00 Å². The molecular formula is C10H17N3O4S2. The Kier molecular flexibility index (Phi) is 5.27. The Bertz CT molecular complexity index is 539. The highest BCUT2D eigenvalue weighted by molar-refractivity contribution is 7.92. The van der Waals surface area contributed by atoms with E-state index in [4.69, 9.17) is 10.5 Å². The standard InChI is InChI=1S/C10H17N3O4S2/c1-6(2)7(17-3)5-19(15,16)13-8-4-12-10(18-8)9(11)14/h4,6-7,13H,5H2,1-3H3,(H2,11,14). The van der Waals surface area contributed by atoms with Gasteiger partial charge in [-0.15, -0.1) is 0 Å². The Labute approximate surface area is 116 Å². The molecule has 0 saturated heterocycles. The van der Waals surface area contributed by atoms with Crippen LogP contribution < -0.4 is 10.5 Å². The first-order valence-corrected chi connectivity index (χ1v) is 8.01. The van der Waals surface area contributed by atoms with E-state index in [0.29, 0.717) is 0 Å². The SMILES string of the molecule is COC(CS(=O)(=O)Nc1cnc(C(N)=O)s1)C(C)C. The highest BCUT2D eigenvalue weighted by atomic mass is 32.2. The van der Waals surface area contributed by atoms with Gasteiger partial charge in [0.25, 0.3) is 5.91 Å². The summed E-state index contributed by atoms with van der Waals surface area (Å²) in [7, 11) is -2.09. The number of thiazole rings is 1. The summed E-state index contributed by atoms with van der Waals surface area (Å²) in [5.41, 5.74) is 5.04. The molecule has 1 aromatic rings. The third-order valence-electron chi connectivity index (χ3n) is 2.40. The zero-order valence-electron chi connectivity index (χ0n) is 10.9. The maximum atomic E-state index is 11.9. The average Bonchev–Trinajstić information content (AvgIpc) is 2.73. The van der Waals surface area contributed by atoms with Gasteiger partial charge in [0.05, 0.1) is 18.1 Å². The number of nitrogens with one attached hydrogen (secondary N) is 1. The predicted molar refractivity (Wildman–Crippen MR) is 73.7 cm³/mol. The van der Waals surface area contributed by atoms with Gasteiger partial charge in [0.15, 0.2) is 5.01 Å². The maximum absolute atomic E-state index is 11.9. The fraction of sp³-hybridized carbons (Fsp3) is 0.600. The highest BCUT2D eigenvalue weighted by Crippen LogP contribution is 2.20. The number of anilines is 1. The molecule has 0 saturated carbocycles. The first-order valence-electron chi connectivity index (χ1n) is 5.54. The lowest BCUT2D eigenvalue weighted by atomic mass is 10.1. The predicted octanol–water partition coefficient (Wildman–Crippen LogP) is 0.655. The molecule has 108 valence electrons. The zero-order valence-corrected chi connectivity index (χ0v) is 12.5. The van der Waals surface area contributed by atoms with E-state index >= 15 is 0 Å². The number of methoxy groups -OCH3 is 1. The van der Waals surface area contributed by atoms with Crippen LogP contribution in [0.3, 0.4) is 0 Å². The number of carbonyl (C=O) groups is 1. The number of primary amides is 1. The fourth-order valence-corrected chi connectivity index (χ4v) is 3.84. The van der Waals surface area contributed by atoms with Crippen molar-refractivity contribution in [2.24, 2.45) is 11.7 Å². The third kappa shape index (κ3) is 4.77. The van der Waals surface area contributed by atoms with E-state index in [2.05, 4.69) is 9.71 Å². The molecule has 1 amide bonds. The fourth-order valence-electron chi connectivity index (χ4n) is 1.38. The van der Waals surface area contributed by atoms with Crippen molar-refractivity contribution in [2.75, 3.05) is 17.6 Å². The zero-order chi connectivity index (χ0) is 14.6. The molecule has 0 fully saturated rings. The largest absolute Gasteiger partial charge is 0.380 e. The van der Waals surface area contributed by atoms with Crippen molar-refractivity contribution < 1.29 is 17.9 Å². The topological polar surface area (TPSA) is 111 Å². The number of nitrogens with two attached hydrogens (primary N) is 1. The number of aromatic nitrogens is 1. The monoisotopic (exact) mass is 307 g/mol. The Morgan fingerprint density at radius 3 is 2.63 bits per heavy atom. The normalized spacial score (nSPS) is 13.5. The van der Waals surface area contributed by atoms with Crippen LogP contribution in [-0.4, -0.2) is 38.3 Å². The van der Waals surface area contributed by atoms with Gasteiger partial charge in [-0.2, -0.15) is 0 Å². The van der Waals surface area contributed by atoms with Crippen molar-refractivity contribution in [3.05, 3.63) is 11.2 Å². The number of carbonyl (C=O) groups excluding carboxylic acids is 1. The molecule has 0 spiro atoms. The summed E-state index contributed by atoms with van der Waals surface area (Å²) >= 11 is 0.894. The molecule has 9 heteroatoms. The molecule has 0 bridgehead atoms. The van der Waals surface area contributed by atoms with Crippen LogP contribution in [0.15, 0.2) is 6.20 Å². The van der Waals surface area contributed by atoms with E-state index in [-0.39, 0.29) is 21.7 Å². The molecule has 1 atom stereocenters. The van der Waals surface area contributed by atoms with Crippen LogP contribution in [0.4, 0.5) is 5.00 Å². The van der Waals surface area contributed by atoms with E-state index in [0.717, 1.165) is 11.3 Å². The van der Waals surface area contributed by atoms with Gasteiger partial charge in [0, 0.05) is 7.11 Å². The van der Waals surface area contributed by atoms with Crippen LogP contribution in [0.2, 0.25) is 0 Å². The second-order valence-corrected chi connectivity index (χ2v) is 7.09. The van der Waals surface area contributed by atoms with Gasteiger partial charge in [-0.1, -0.05) is 25.2 Å². The molecule has 0 aliphatic rings. The van der Waals surface area contributed by atoms with Crippen molar-refractivity contribution in [3.8, 4) is 0 Å². The number of rotatable bonds is 7. The summed E-state index contributed by atoms with van der Waals surface area (Å²) in [5, 5.41) is 0.317. The molecule has 3 N–H and O–H groups in total. The quantitative estimate of drug-likeness (QED) is 0.768. The highest BCUT2D eigenvalue weighted by Gasteiger charge is 2.22. The van der Waals surface area contributed by atoms with Crippen molar-refractivity contribution in [3.63, 3.8) is 0 Å². The van der Waals surface area contributed by atoms with Gasteiger partial charge in [-0.05, 0) is 5.92 Å². The second kappa shape index (κ2) is 6.31. The lowest BCUT2D eigenvalue weighted by Gasteiger charge is -2.19. The summed E-state index contributed by atoms with van der Waals surface area (Å²) in [4.78, 5) is 14.6. The molecule has 19 heavy (non-hydrogen) atoms. The van der Waals surface area contributed by atoms with Crippen LogP contribution in [0.1, 0.15) is 23.6 Å². The minimum absolute atomic E-state index is 0.0600. The molecule has 0 aromatic carbocycles. The first kappa shape index (κ1) is 15.9. The summed E-state index contributed by atoms with van der Waals surface area (Å²) in [5.74, 6) is -0.776. The number of hydrogen-bond acceptors (Lipinski definition) is 6. The van der Waals surface area contributed by atoms with E-state index in [1.54, 1.807) is 0 Å². The Morgan fingerprint density at radius 2 is 2.21 bits per heavy atom. The number of hydrogen-bond donors (Lipinski definition) is 2. The van der Waals surface area contributed by atoms with E-state index in [1.807, 2.05) is 13.8 Å². The van der Waals surface area contributed by atoms with Gasteiger partial charge in [0.2, 0.25) is 10.0 Å². The van der Waals surface area contributed by atoms with Crippen molar-refractivity contribution in [1.82, 2.24) is 4.98 Å². The molecule has 0 aliphatic carbocycles. The molecule has 7 nitrogen and oxygen atoms in total. The Morgan fingerprint density at radius 1 is 1.58 bits per heavy atom. The number of amides is 1. The molecule has 1 rings (SSSR count). The van der Waals surface area contributed by atoms with Gasteiger partial charge in [-0.25, -0.2) is 13.4 Å². The minimum Gasteiger partial charge on any atom is -0.380 e. The summed E-state index contributed by atoms with van der Waals surface area (Å²) < 4.78 is 31.3. The Hall–Kier alpha value is -1.19. The van der Waals surface area contributed by atoms with Crippen molar-refractivity contribution in [1.29, 1.82) is 0 Å². The first-order chi connectivity index (χ1) is 8.75. The van der Waals surface area contributed by atoms with Gasteiger partial charge >= 0.3 is 0 Å². The Balaban J connectivity index is 2.76. The van der Waals surface area contributed by atoms with E-state index < -0.39 is 22.0 Å². The van der Waals surface area contributed by atoms with E-state index in [1.165, 1.54) is 13.3 Å². The van der Waals surface area contributed by atoms with Gasteiger partial charge < -0.3 is 10.5 Å². The smallest absolute Gasteiger partial charge is 0.277 e. The lowest BCUT2D eigenvalue weighted by Crippen LogP contribution is -2.31. The molecule has 1 aromatic heterocycles. The minimum atomic E-state index is -3.56. The third-order valence-corrected chi connectivity index (χ3v) is 4.76. The molecule has 1 unspecified atom stereocenters. The summed E-state index contributed by atoms with van der Waals surface area (Å²) in [6, 6.07) is 0. The molecule has 0 radical (unpaired) electrons. The maximum Gasteiger partial charge on any atom is 0.277 e. The van der Waals surface area contributed by atoms with Gasteiger partial charge in [-0.3, -0.25) is 9.52 Å². The lowest BCUT2D eigenvalue weighted by molar-refractivity contribution is 0.0829. The second-order valence-electron chi connectivity index (χ2n) is 4.30.